The first-order valence-electron chi connectivity index (χ1n) is 7.87. The number of anilines is 1. The SMILES string of the molecule is Fc1cccc(Cl)c1Cn1cc(Br)c(NC(=S)NCc2ccc(Cl)cc2)n1. The van der Waals surface area contributed by atoms with Gasteiger partial charge in [0.1, 0.15) is 5.82 Å². The van der Waals surface area contributed by atoms with Crippen molar-refractivity contribution in [3.05, 3.63) is 80.1 Å². The maximum absolute atomic E-state index is 13.9. The van der Waals surface area contributed by atoms with Gasteiger partial charge in [0.05, 0.1) is 11.0 Å². The Hall–Kier alpha value is -1.67. The molecule has 0 spiro atoms. The standard InChI is InChI=1S/C18H14BrCl2FN4S/c19-14-10-26(9-13-15(21)2-1-3-16(13)22)25-17(14)24-18(27)23-8-11-4-6-12(20)7-5-11/h1-7,10H,8-9H2,(H2,23,24,25,27). The third kappa shape index (κ3) is 5.42. The normalized spacial score (nSPS) is 10.7. The van der Waals surface area contributed by atoms with Gasteiger partial charge in [0.15, 0.2) is 10.9 Å². The average Bonchev–Trinajstić information content (AvgIpc) is 2.97. The molecule has 0 saturated carbocycles. The van der Waals surface area contributed by atoms with Gasteiger partial charge in [0, 0.05) is 28.4 Å². The summed E-state index contributed by atoms with van der Waals surface area (Å²) in [5.41, 5.74) is 1.42. The predicted octanol–water partition coefficient (Wildman–Crippen LogP) is 5.63. The summed E-state index contributed by atoms with van der Waals surface area (Å²) in [5.74, 6) is 0.153. The van der Waals surface area contributed by atoms with Gasteiger partial charge in [-0.1, -0.05) is 41.4 Å². The third-order valence-electron chi connectivity index (χ3n) is 3.70. The van der Waals surface area contributed by atoms with Crippen LogP contribution in [0.25, 0.3) is 0 Å². The van der Waals surface area contributed by atoms with Crippen molar-refractivity contribution in [2.45, 2.75) is 13.1 Å². The highest BCUT2D eigenvalue weighted by atomic mass is 79.9. The van der Waals surface area contributed by atoms with Gasteiger partial charge in [-0.25, -0.2) is 4.39 Å². The van der Waals surface area contributed by atoms with Gasteiger partial charge in [-0.15, -0.1) is 0 Å². The smallest absolute Gasteiger partial charge is 0.172 e. The highest BCUT2D eigenvalue weighted by Crippen LogP contribution is 2.24. The van der Waals surface area contributed by atoms with Crippen LogP contribution in [0.2, 0.25) is 10.0 Å². The molecule has 1 aromatic heterocycles. The Morgan fingerprint density at radius 3 is 2.63 bits per heavy atom. The van der Waals surface area contributed by atoms with Crippen LogP contribution in [0.15, 0.2) is 53.1 Å². The summed E-state index contributed by atoms with van der Waals surface area (Å²) in [4.78, 5) is 0. The first-order valence-corrected chi connectivity index (χ1v) is 9.83. The molecule has 0 atom stereocenters. The summed E-state index contributed by atoms with van der Waals surface area (Å²) in [7, 11) is 0. The van der Waals surface area contributed by atoms with Gasteiger partial charge in [-0.3, -0.25) is 4.68 Å². The van der Waals surface area contributed by atoms with Crippen molar-refractivity contribution in [2.24, 2.45) is 0 Å². The largest absolute Gasteiger partial charge is 0.358 e. The summed E-state index contributed by atoms with van der Waals surface area (Å²) >= 11 is 20.7. The molecule has 27 heavy (non-hydrogen) atoms. The van der Waals surface area contributed by atoms with Crippen molar-refractivity contribution in [3.8, 4) is 0 Å². The van der Waals surface area contributed by atoms with Crippen molar-refractivity contribution in [2.75, 3.05) is 5.32 Å². The molecule has 2 N–H and O–H groups in total. The Kier molecular flexibility index (Phi) is 6.70. The number of hydrogen-bond acceptors (Lipinski definition) is 2. The van der Waals surface area contributed by atoms with Gasteiger partial charge in [-0.2, -0.15) is 5.10 Å². The Balaban J connectivity index is 1.62. The van der Waals surface area contributed by atoms with E-state index in [0.29, 0.717) is 37.6 Å². The van der Waals surface area contributed by atoms with Crippen LogP contribution in [-0.4, -0.2) is 14.9 Å². The zero-order chi connectivity index (χ0) is 19.4. The van der Waals surface area contributed by atoms with Crippen LogP contribution in [0, 0.1) is 5.82 Å². The Morgan fingerprint density at radius 1 is 1.19 bits per heavy atom. The molecule has 1 heterocycles. The number of thiocarbonyl (C=S) groups is 1. The summed E-state index contributed by atoms with van der Waals surface area (Å²) in [6.45, 7) is 0.753. The average molecular weight is 488 g/mol. The van der Waals surface area contributed by atoms with Crippen LogP contribution < -0.4 is 10.6 Å². The van der Waals surface area contributed by atoms with Gasteiger partial charge in [0.25, 0.3) is 0 Å². The number of benzene rings is 2. The van der Waals surface area contributed by atoms with Crippen molar-refractivity contribution in [3.63, 3.8) is 0 Å². The van der Waals surface area contributed by atoms with Crippen molar-refractivity contribution in [1.82, 2.24) is 15.1 Å². The number of aromatic nitrogens is 2. The first kappa shape index (κ1) is 20.1. The number of rotatable bonds is 5. The molecule has 0 unspecified atom stereocenters. The zero-order valence-electron chi connectivity index (χ0n) is 13.8. The van der Waals surface area contributed by atoms with E-state index in [4.69, 9.17) is 35.4 Å². The molecule has 0 fully saturated rings. The summed E-state index contributed by atoms with van der Waals surface area (Å²) < 4.78 is 16.2. The summed E-state index contributed by atoms with van der Waals surface area (Å²) in [6, 6.07) is 12.1. The lowest BCUT2D eigenvalue weighted by atomic mass is 10.2. The van der Waals surface area contributed by atoms with E-state index in [2.05, 4.69) is 31.7 Å². The molecule has 3 rings (SSSR count). The molecular formula is C18H14BrCl2FN4S. The van der Waals surface area contributed by atoms with Crippen molar-refractivity contribution >= 4 is 62.3 Å². The molecule has 4 nitrogen and oxygen atoms in total. The summed E-state index contributed by atoms with van der Waals surface area (Å²) in [5, 5.41) is 12.0. The Labute approximate surface area is 179 Å². The fraction of sp³-hybridized carbons (Fsp3) is 0.111. The van der Waals surface area contributed by atoms with Crippen LogP contribution in [0.1, 0.15) is 11.1 Å². The number of halogens is 4. The van der Waals surface area contributed by atoms with Crippen LogP contribution in [0.3, 0.4) is 0 Å². The lowest BCUT2D eigenvalue weighted by Crippen LogP contribution is -2.28. The number of hydrogen-bond donors (Lipinski definition) is 2. The van der Waals surface area contributed by atoms with Gasteiger partial charge in [-0.05, 0) is 58.0 Å². The molecule has 3 aromatic rings. The molecule has 0 amide bonds. The highest BCUT2D eigenvalue weighted by molar-refractivity contribution is 9.10. The zero-order valence-corrected chi connectivity index (χ0v) is 17.8. The molecule has 9 heteroatoms. The topological polar surface area (TPSA) is 41.9 Å². The maximum atomic E-state index is 13.9. The Bertz CT molecular complexity index is 942. The minimum atomic E-state index is -0.371. The minimum absolute atomic E-state index is 0.205. The molecule has 0 aliphatic carbocycles. The number of nitrogens with zero attached hydrogens (tertiary/aromatic N) is 2. The fourth-order valence-corrected chi connectivity index (χ4v) is 3.28. The van der Waals surface area contributed by atoms with Crippen molar-refractivity contribution < 1.29 is 4.39 Å². The second-order valence-electron chi connectivity index (χ2n) is 5.66. The Morgan fingerprint density at radius 2 is 1.93 bits per heavy atom. The van der Waals surface area contributed by atoms with Crippen LogP contribution >= 0.6 is 51.3 Å². The predicted molar refractivity (Wildman–Crippen MR) is 115 cm³/mol. The third-order valence-corrected chi connectivity index (χ3v) is 5.13. The minimum Gasteiger partial charge on any atom is -0.358 e. The van der Waals surface area contributed by atoms with Crippen LogP contribution in [0.4, 0.5) is 10.2 Å². The van der Waals surface area contributed by atoms with Gasteiger partial charge < -0.3 is 10.6 Å². The monoisotopic (exact) mass is 486 g/mol. The van der Waals surface area contributed by atoms with E-state index >= 15 is 0 Å². The van der Waals surface area contributed by atoms with E-state index < -0.39 is 0 Å². The number of nitrogens with one attached hydrogen (secondary N) is 2. The van der Waals surface area contributed by atoms with E-state index in [9.17, 15) is 4.39 Å². The van der Waals surface area contributed by atoms with Crippen molar-refractivity contribution in [1.29, 1.82) is 0 Å². The fourth-order valence-electron chi connectivity index (χ4n) is 2.34. The molecule has 0 aliphatic heterocycles. The molecular weight excluding hydrogens is 474 g/mol. The highest BCUT2D eigenvalue weighted by Gasteiger charge is 2.12. The summed E-state index contributed by atoms with van der Waals surface area (Å²) in [6.07, 6.45) is 1.73. The molecule has 140 valence electrons. The van der Waals surface area contributed by atoms with E-state index in [1.807, 2.05) is 24.3 Å². The van der Waals surface area contributed by atoms with E-state index in [-0.39, 0.29) is 12.4 Å². The second kappa shape index (κ2) is 9.01. The van der Waals surface area contributed by atoms with Gasteiger partial charge >= 0.3 is 0 Å². The van der Waals surface area contributed by atoms with E-state index in [1.165, 1.54) is 6.07 Å². The van der Waals surface area contributed by atoms with Gasteiger partial charge in [0.2, 0.25) is 0 Å². The first-order chi connectivity index (χ1) is 12.9. The lowest BCUT2D eigenvalue weighted by Gasteiger charge is -2.09. The molecule has 0 saturated heterocycles. The van der Waals surface area contributed by atoms with Crippen LogP contribution in [-0.2, 0) is 13.1 Å². The quantitative estimate of drug-likeness (QED) is 0.458. The van der Waals surface area contributed by atoms with E-state index in [1.54, 1.807) is 23.0 Å². The lowest BCUT2D eigenvalue weighted by molar-refractivity contribution is 0.586. The maximum Gasteiger partial charge on any atom is 0.172 e. The molecule has 0 bridgehead atoms. The van der Waals surface area contributed by atoms with Crippen LogP contribution in [0.5, 0.6) is 0 Å². The van der Waals surface area contributed by atoms with E-state index in [0.717, 1.165) is 5.56 Å². The molecule has 0 radical (unpaired) electrons. The second-order valence-corrected chi connectivity index (χ2v) is 7.76. The molecule has 2 aromatic carbocycles. The molecule has 0 aliphatic rings.